The number of anilines is 1. The summed E-state index contributed by atoms with van der Waals surface area (Å²) >= 11 is 0. The molecule has 0 spiro atoms. The van der Waals surface area contributed by atoms with Crippen LogP contribution in [0.1, 0.15) is 48.0 Å². The van der Waals surface area contributed by atoms with Gasteiger partial charge >= 0.3 is 0 Å². The zero-order chi connectivity index (χ0) is 28.3. The molecule has 0 saturated heterocycles. The van der Waals surface area contributed by atoms with Gasteiger partial charge in [0.25, 0.3) is 5.91 Å². The van der Waals surface area contributed by atoms with Crippen molar-refractivity contribution in [3.8, 4) is 5.69 Å². The van der Waals surface area contributed by atoms with Crippen LogP contribution in [0.25, 0.3) is 16.5 Å². The summed E-state index contributed by atoms with van der Waals surface area (Å²) in [7, 11) is 0. The van der Waals surface area contributed by atoms with E-state index < -0.39 is 6.04 Å². The number of hydrogen-bond donors (Lipinski definition) is 2. The number of rotatable bonds is 7. The van der Waals surface area contributed by atoms with Gasteiger partial charge in [-0.1, -0.05) is 99.6 Å². The largest absolute Gasteiger partial charge is 0.340 e. The maximum Gasteiger partial charge on any atom is 0.251 e. The van der Waals surface area contributed by atoms with Crippen LogP contribution in [0.4, 0.5) is 5.82 Å². The van der Waals surface area contributed by atoms with Crippen LogP contribution < -0.4 is 10.6 Å². The highest BCUT2D eigenvalue weighted by Gasteiger charge is 2.26. The first-order valence-corrected chi connectivity index (χ1v) is 13.5. The minimum atomic E-state index is -0.806. The lowest BCUT2D eigenvalue weighted by Crippen LogP contribution is -2.45. The average Bonchev–Trinajstić information content (AvgIpc) is 3.37. The van der Waals surface area contributed by atoms with E-state index in [1.54, 1.807) is 10.7 Å². The molecule has 5 rings (SSSR count). The maximum atomic E-state index is 13.9. The molecule has 202 valence electrons. The van der Waals surface area contributed by atoms with Crippen molar-refractivity contribution in [3.63, 3.8) is 0 Å². The summed E-state index contributed by atoms with van der Waals surface area (Å²) in [5.41, 5.74) is 4.00. The fraction of sp³-hybridized carbons (Fsp3) is 0.206. The fourth-order valence-corrected chi connectivity index (χ4v) is 4.67. The van der Waals surface area contributed by atoms with Gasteiger partial charge in [-0.3, -0.25) is 9.59 Å². The third-order valence-electron chi connectivity index (χ3n) is 6.99. The van der Waals surface area contributed by atoms with Crippen molar-refractivity contribution in [2.75, 3.05) is 5.32 Å². The van der Waals surface area contributed by atoms with Crippen LogP contribution in [0, 0.1) is 6.92 Å². The minimum absolute atomic E-state index is 0.221. The summed E-state index contributed by atoms with van der Waals surface area (Å²) in [5, 5.41) is 13.0. The number of carbonyl (C=O) groups is 2. The Hall–Kier alpha value is -4.71. The van der Waals surface area contributed by atoms with E-state index in [0.29, 0.717) is 17.8 Å². The molecule has 4 aromatic carbocycles. The molecule has 2 amide bonds. The van der Waals surface area contributed by atoms with E-state index in [2.05, 4.69) is 31.4 Å². The number of para-hydroxylation sites is 1. The monoisotopic (exact) mass is 530 g/mol. The van der Waals surface area contributed by atoms with Crippen LogP contribution in [0.3, 0.4) is 0 Å². The van der Waals surface area contributed by atoms with E-state index in [4.69, 9.17) is 5.10 Å². The normalized spacial score (nSPS) is 12.2. The number of amides is 2. The zero-order valence-electron chi connectivity index (χ0n) is 23.3. The highest BCUT2D eigenvalue weighted by molar-refractivity contribution is 6.03. The van der Waals surface area contributed by atoms with E-state index in [-0.39, 0.29) is 17.2 Å². The van der Waals surface area contributed by atoms with Crippen LogP contribution in [-0.2, 0) is 16.6 Å². The summed E-state index contributed by atoms with van der Waals surface area (Å²) in [6.07, 6.45) is 0.344. The molecule has 6 nitrogen and oxygen atoms in total. The standard InChI is InChI=1S/C34H34N4O2/c1-23-12-8-11-17-29(23)38-31(22-30(37-38)34(2,3)4)36-33(40)28(20-24-13-6-5-7-14-24)35-32(39)27-19-18-25-15-9-10-16-26(25)21-27/h5-19,21-22,28H,20H2,1-4H3,(H,35,39)(H,36,40). The molecule has 0 aliphatic heterocycles. The van der Waals surface area contributed by atoms with Crippen LogP contribution in [0.15, 0.2) is 103 Å². The Bertz CT molecular complexity index is 1660. The van der Waals surface area contributed by atoms with Gasteiger partial charge in [0.2, 0.25) is 5.91 Å². The van der Waals surface area contributed by atoms with Crippen molar-refractivity contribution in [2.45, 2.75) is 45.6 Å². The summed E-state index contributed by atoms with van der Waals surface area (Å²) < 4.78 is 1.78. The molecular weight excluding hydrogens is 496 g/mol. The Kier molecular flexibility index (Phi) is 7.52. The maximum absolute atomic E-state index is 13.9. The number of benzene rings is 4. The molecule has 2 N–H and O–H groups in total. The zero-order valence-corrected chi connectivity index (χ0v) is 23.3. The van der Waals surface area contributed by atoms with Crippen LogP contribution >= 0.6 is 0 Å². The quantitative estimate of drug-likeness (QED) is 0.249. The number of fused-ring (bicyclic) bond motifs is 1. The molecule has 1 heterocycles. The Morgan fingerprint density at radius 2 is 1.50 bits per heavy atom. The van der Waals surface area contributed by atoms with Gasteiger partial charge in [-0.25, -0.2) is 4.68 Å². The molecule has 0 radical (unpaired) electrons. The SMILES string of the molecule is Cc1ccccc1-n1nc(C(C)(C)C)cc1NC(=O)C(Cc1ccccc1)NC(=O)c1ccc2ccccc2c1. The predicted octanol–water partition coefficient (Wildman–Crippen LogP) is 6.61. The third kappa shape index (κ3) is 5.96. The average molecular weight is 531 g/mol. The van der Waals surface area contributed by atoms with Crippen LogP contribution in [0.2, 0.25) is 0 Å². The number of nitrogens with one attached hydrogen (secondary N) is 2. The summed E-state index contributed by atoms with van der Waals surface area (Å²) in [4.78, 5) is 27.3. The Balaban J connectivity index is 1.47. The Morgan fingerprint density at radius 1 is 0.825 bits per heavy atom. The van der Waals surface area contributed by atoms with Crippen molar-refractivity contribution in [1.82, 2.24) is 15.1 Å². The molecule has 40 heavy (non-hydrogen) atoms. The van der Waals surface area contributed by atoms with E-state index in [0.717, 1.165) is 33.3 Å². The van der Waals surface area contributed by atoms with Crippen LogP contribution in [-0.4, -0.2) is 27.6 Å². The second-order valence-corrected chi connectivity index (χ2v) is 11.1. The third-order valence-corrected chi connectivity index (χ3v) is 6.99. The van der Waals surface area contributed by atoms with Crippen molar-refractivity contribution >= 4 is 28.4 Å². The van der Waals surface area contributed by atoms with Gasteiger partial charge < -0.3 is 10.6 Å². The first-order valence-electron chi connectivity index (χ1n) is 13.5. The smallest absolute Gasteiger partial charge is 0.251 e. The van der Waals surface area contributed by atoms with Gasteiger partial charge in [-0.2, -0.15) is 5.10 Å². The molecule has 1 atom stereocenters. The van der Waals surface area contributed by atoms with E-state index >= 15 is 0 Å². The lowest BCUT2D eigenvalue weighted by atomic mass is 9.92. The second-order valence-electron chi connectivity index (χ2n) is 11.1. The minimum Gasteiger partial charge on any atom is -0.340 e. The number of aromatic nitrogens is 2. The molecule has 1 unspecified atom stereocenters. The van der Waals surface area contributed by atoms with Gasteiger partial charge in [-0.15, -0.1) is 0 Å². The van der Waals surface area contributed by atoms with Gasteiger partial charge in [0.1, 0.15) is 11.9 Å². The van der Waals surface area contributed by atoms with E-state index in [1.165, 1.54) is 0 Å². The highest BCUT2D eigenvalue weighted by atomic mass is 16.2. The number of carbonyl (C=O) groups excluding carboxylic acids is 2. The molecule has 0 aliphatic rings. The molecule has 6 heteroatoms. The van der Waals surface area contributed by atoms with Crippen molar-refractivity contribution in [1.29, 1.82) is 0 Å². The summed E-state index contributed by atoms with van der Waals surface area (Å²) in [6, 6.07) is 32.2. The van der Waals surface area contributed by atoms with Crippen molar-refractivity contribution < 1.29 is 9.59 Å². The molecular formula is C34H34N4O2. The number of aryl methyl sites for hydroxylation is 1. The highest BCUT2D eigenvalue weighted by Crippen LogP contribution is 2.27. The van der Waals surface area contributed by atoms with Crippen molar-refractivity contribution in [3.05, 3.63) is 126 Å². The number of nitrogens with zero attached hydrogens (tertiary/aromatic N) is 2. The first kappa shape index (κ1) is 26.9. The van der Waals surface area contributed by atoms with E-state index in [1.807, 2.05) is 104 Å². The van der Waals surface area contributed by atoms with Gasteiger partial charge in [-0.05, 0) is 47.0 Å². The molecule has 0 bridgehead atoms. The van der Waals surface area contributed by atoms with Crippen molar-refractivity contribution in [2.24, 2.45) is 0 Å². The summed E-state index contributed by atoms with van der Waals surface area (Å²) in [6.45, 7) is 8.28. The predicted molar refractivity (Wildman–Crippen MR) is 161 cm³/mol. The van der Waals surface area contributed by atoms with E-state index in [9.17, 15) is 9.59 Å². The fourth-order valence-electron chi connectivity index (χ4n) is 4.67. The topological polar surface area (TPSA) is 76.0 Å². The van der Waals surface area contributed by atoms with Gasteiger partial charge in [0.15, 0.2) is 0 Å². The first-order chi connectivity index (χ1) is 19.2. The Morgan fingerprint density at radius 3 is 2.23 bits per heavy atom. The lowest BCUT2D eigenvalue weighted by molar-refractivity contribution is -0.118. The van der Waals surface area contributed by atoms with Gasteiger partial charge in [0, 0.05) is 23.5 Å². The molecule has 0 aliphatic carbocycles. The lowest BCUT2D eigenvalue weighted by Gasteiger charge is -2.19. The molecule has 1 aromatic heterocycles. The molecule has 0 saturated carbocycles. The summed E-state index contributed by atoms with van der Waals surface area (Å²) in [5.74, 6) is -0.0555. The Labute approximate surface area is 235 Å². The molecule has 0 fully saturated rings. The van der Waals surface area contributed by atoms with Gasteiger partial charge in [0.05, 0.1) is 11.4 Å². The molecule has 5 aromatic rings. The second kappa shape index (κ2) is 11.2. The number of hydrogen-bond acceptors (Lipinski definition) is 3. The van der Waals surface area contributed by atoms with Crippen LogP contribution in [0.5, 0.6) is 0 Å².